The van der Waals surface area contributed by atoms with E-state index in [0.717, 1.165) is 0 Å². The fourth-order valence-electron chi connectivity index (χ4n) is 3.26. The molecule has 0 unspecified atom stereocenters. The first-order chi connectivity index (χ1) is 14.3. The van der Waals surface area contributed by atoms with Gasteiger partial charge in [0.1, 0.15) is 17.2 Å². The van der Waals surface area contributed by atoms with Gasteiger partial charge in [-0.05, 0) is 53.9 Å². The van der Waals surface area contributed by atoms with E-state index in [1.54, 1.807) is 6.07 Å². The Hall–Kier alpha value is -2.52. The number of amides is 1. The van der Waals surface area contributed by atoms with Gasteiger partial charge in [-0.15, -0.1) is 0 Å². The molecule has 30 heavy (non-hydrogen) atoms. The van der Waals surface area contributed by atoms with Gasteiger partial charge in [0, 0.05) is 22.5 Å². The first-order valence-corrected chi connectivity index (χ1v) is 9.59. The van der Waals surface area contributed by atoms with Gasteiger partial charge in [0.05, 0.1) is 25.3 Å². The van der Waals surface area contributed by atoms with Crippen LogP contribution in [-0.4, -0.2) is 51.6 Å². The number of hydrogen-bond donors (Lipinski definition) is 5. The highest BCUT2D eigenvalue weighted by Gasteiger charge is 2.30. The molecular formula is C21H21ClF2N2O4. The van der Waals surface area contributed by atoms with Gasteiger partial charge < -0.3 is 25.6 Å². The molecule has 0 aliphatic carbocycles. The molecule has 1 heterocycles. The van der Waals surface area contributed by atoms with Gasteiger partial charge in [0.25, 0.3) is 0 Å². The van der Waals surface area contributed by atoms with Gasteiger partial charge in [-0.2, -0.15) is 0 Å². The molecule has 160 valence electrons. The van der Waals surface area contributed by atoms with E-state index in [-0.39, 0.29) is 23.4 Å². The Kier molecular flexibility index (Phi) is 6.72. The molecular weight excluding hydrogens is 418 g/mol. The van der Waals surface area contributed by atoms with Crippen molar-refractivity contribution in [2.24, 2.45) is 0 Å². The molecule has 9 heteroatoms. The highest BCUT2D eigenvalue weighted by Crippen LogP contribution is 2.34. The third-order valence-electron chi connectivity index (χ3n) is 4.98. The van der Waals surface area contributed by atoms with E-state index in [9.17, 15) is 28.9 Å². The lowest BCUT2D eigenvalue weighted by Crippen LogP contribution is -2.57. The second-order valence-corrected chi connectivity index (χ2v) is 7.53. The summed E-state index contributed by atoms with van der Waals surface area (Å²) in [5, 5.41) is 31.2. The molecule has 5 N–H and O–H groups in total. The van der Waals surface area contributed by atoms with Crippen molar-refractivity contribution in [2.75, 3.05) is 19.8 Å². The number of H-pyrrole nitrogens is 1. The number of nitrogens with one attached hydrogen (secondary N) is 2. The molecule has 0 bridgehead atoms. The van der Waals surface area contributed by atoms with Gasteiger partial charge >= 0.3 is 0 Å². The number of aryl methyl sites for hydroxylation is 1. The molecule has 0 atom stereocenters. The van der Waals surface area contributed by atoms with Gasteiger partial charge in [-0.1, -0.05) is 11.6 Å². The van der Waals surface area contributed by atoms with Crippen LogP contribution in [0.3, 0.4) is 0 Å². The minimum atomic E-state index is -1.54. The number of fused-ring (bicyclic) bond motifs is 1. The van der Waals surface area contributed by atoms with Gasteiger partial charge in [0.2, 0.25) is 5.91 Å². The van der Waals surface area contributed by atoms with Crippen LogP contribution in [0.25, 0.3) is 22.2 Å². The third-order valence-corrected chi connectivity index (χ3v) is 5.20. The maximum atomic E-state index is 14.4. The minimum Gasteiger partial charge on any atom is -0.394 e. The fourth-order valence-corrected chi connectivity index (χ4v) is 3.47. The lowest BCUT2D eigenvalue weighted by atomic mass is 9.99. The highest BCUT2D eigenvalue weighted by atomic mass is 35.5. The molecule has 3 aromatic rings. The Labute approximate surface area is 176 Å². The van der Waals surface area contributed by atoms with E-state index in [4.69, 9.17) is 11.6 Å². The Morgan fingerprint density at radius 3 is 2.30 bits per heavy atom. The maximum Gasteiger partial charge on any atom is 0.220 e. The summed E-state index contributed by atoms with van der Waals surface area (Å²) in [4.78, 5) is 15.4. The standard InChI is InChI=1S/C21H21ClF2N2O4/c22-13-7-16-15(5-6-18(30)26-21(9-27,10-28)11-29)19(25-20(16)17(24)8-13)12-1-3-14(23)4-2-12/h1-4,7-8,25,27-29H,5-6,9-11H2,(H,26,30). The third kappa shape index (κ3) is 4.46. The molecule has 6 nitrogen and oxygen atoms in total. The van der Waals surface area contributed by atoms with E-state index >= 15 is 0 Å². The number of aliphatic hydroxyl groups excluding tert-OH is 3. The molecule has 1 amide bonds. The van der Waals surface area contributed by atoms with Crippen LogP contribution in [0.1, 0.15) is 12.0 Å². The maximum absolute atomic E-state index is 14.4. The van der Waals surface area contributed by atoms with E-state index in [0.29, 0.717) is 22.2 Å². The smallest absolute Gasteiger partial charge is 0.220 e. The SMILES string of the molecule is O=C(CCc1c(-c2ccc(F)cc2)[nH]c2c(F)cc(Cl)cc12)NC(CO)(CO)CO. The Morgan fingerprint density at radius 2 is 1.70 bits per heavy atom. The molecule has 0 aliphatic rings. The second kappa shape index (κ2) is 9.09. The molecule has 2 aromatic carbocycles. The van der Waals surface area contributed by atoms with Crippen molar-refractivity contribution in [1.82, 2.24) is 10.3 Å². The van der Waals surface area contributed by atoms with E-state index in [1.165, 1.54) is 30.3 Å². The van der Waals surface area contributed by atoms with Crippen molar-refractivity contribution in [3.63, 3.8) is 0 Å². The Bertz CT molecular complexity index is 1040. The number of benzene rings is 2. The number of halogens is 3. The van der Waals surface area contributed by atoms with Crippen molar-refractivity contribution >= 4 is 28.4 Å². The summed E-state index contributed by atoms with van der Waals surface area (Å²) in [7, 11) is 0. The number of aromatic nitrogens is 1. The Balaban J connectivity index is 1.96. The fraction of sp³-hybridized carbons (Fsp3) is 0.286. The topological polar surface area (TPSA) is 106 Å². The first-order valence-electron chi connectivity index (χ1n) is 9.21. The van der Waals surface area contributed by atoms with E-state index in [2.05, 4.69) is 10.3 Å². The van der Waals surface area contributed by atoms with Crippen LogP contribution >= 0.6 is 11.6 Å². The van der Waals surface area contributed by atoms with E-state index < -0.39 is 42.9 Å². The molecule has 0 spiro atoms. The predicted molar refractivity (Wildman–Crippen MR) is 109 cm³/mol. The zero-order chi connectivity index (χ0) is 21.9. The predicted octanol–water partition coefficient (Wildman–Crippen LogP) is 2.53. The number of aliphatic hydroxyl groups is 3. The average Bonchev–Trinajstić information content (AvgIpc) is 3.10. The normalized spacial score (nSPS) is 11.8. The summed E-state index contributed by atoms with van der Waals surface area (Å²) in [5.74, 6) is -1.50. The van der Waals surface area contributed by atoms with Gasteiger partial charge in [0.15, 0.2) is 0 Å². The summed E-state index contributed by atoms with van der Waals surface area (Å²) in [6, 6.07) is 8.38. The molecule has 0 saturated heterocycles. The zero-order valence-corrected chi connectivity index (χ0v) is 16.6. The highest BCUT2D eigenvalue weighted by molar-refractivity contribution is 6.31. The van der Waals surface area contributed by atoms with E-state index in [1.807, 2.05) is 0 Å². The summed E-state index contributed by atoms with van der Waals surface area (Å²) in [5.41, 5.74) is 0.415. The molecule has 0 aliphatic heterocycles. The molecule has 0 saturated carbocycles. The summed E-state index contributed by atoms with van der Waals surface area (Å²) >= 11 is 6.01. The van der Waals surface area contributed by atoms with Gasteiger partial charge in [-0.3, -0.25) is 4.79 Å². The van der Waals surface area contributed by atoms with Crippen molar-refractivity contribution < 1.29 is 28.9 Å². The van der Waals surface area contributed by atoms with Crippen LogP contribution in [0.5, 0.6) is 0 Å². The first kappa shape index (κ1) is 22.2. The zero-order valence-electron chi connectivity index (χ0n) is 15.9. The van der Waals surface area contributed by atoms with Crippen LogP contribution < -0.4 is 5.32 Å². The van der Waals surface area contributed by atoms with Crippen molar-refractivity contribution in [2.45, 2.75) is 18.4 Å². The van der Waals surface area contributed by atoms with Gasteiger partial charge in [-0.25, -0.2) is 8.78 Å². The second-order valence-electron chi connectivity index (χ2n) is 7.10. The van der Waals surface area contributed by atoms with Crippen molar-refractivity contribution in [1.29, 1.82) is 0 Å². The summed E-state index contributed by atoms with van der Waals surface area (Å²) in [6.45, 7) is -1.92. The number of carbonyl (C=O) groups is 1. The summed E-state index contributed by atoms with van der Waals surface area (Å²) < 4.78 is 27.8. The molecule has 0 radical (unpaired) electrons. The monoisotopic (exact) mass is 438 g/mol. The lowest BCUT2D eigenvalue weighted by Gasteiger charge is -2.28. The van der Waals surface area contributed by atoms with Crippen LogP contribution in [0.2, 0.25) is 5.02 Å². The molecule has 0 fully saturated rings. The molecule has 1 aromatic heterocycles. The average molecular weight is 439 g/mol. The minimum absolute atomic E-state index is 0.0724. The largest absolute Gasteiger partial charge is 0.394 e. The number of carbonyl (C=O) groups excluding carboxylic acids is 1. The van der Waals surface area contributed by atoms with Crippen molar-refractivity contribution in [3.05, 3.63) is 58.6 Å². The van der Waals surface area contributed by atoms with Crippen LogP contribution in [0.4, 0.5) is 8.78 Å². The Morgan fingerprint density at radius 1 is 1.07 bits per heavy atom. The quantitative estimate of drug-likeness (QED) is 0.372. The lowest BCUT2D eigenvalue weighted by molar-refractivity contribution is -0.125. The number of aromatic amines is 1. The van der Waals surface area contributed by atoms with Crippen LogP contribution in [0.15, 0.2) is 36.4 Å². The number of rotatable bonds is 8. The summed E-state index contributed by atoms with van der Waals surface area (Å²) in [6.07, 6.45) is 0.0910. The number of hydrogen-bond acceptors (Lipinski definition) is 4. The van der Waals surface area contributed by atoms with Crippen LogP contribution in [0, 0.1) is 11.6 Å². The van der Waals surface area contributed by atoms with Crippen LogP contribution in [-0.2, 0) is 11.2 Å². The van der Waals surface area contributed by atoms with Crippen molar-refractivity contribution in [3.8, 4) is 11.3 Å². The molecule has 3 rings (SSSR count).